The maximum atomic E-state index is 12.8. The first-order valence-corrected chi connectivity index (χ1v) is 10.6. The van der Waals surface area contributed by atoms with E-state index in [1.54, 1.807) is 18.5 Å². The third-order valence-corrected chi connectivity index (χ3v) is 6.68. The fraction of sp³-hybridized carbons (Fsp3) is 0.579. The molecule has 1 aliphatic carbocycles. The molecule has 2 atom stereocenters. The molecule has 26 heavy (non-hydrogen) atoms. The average molecular weight is 377 g/mol. The second-order valence-electron chi connectivity index (χ2n) is 8.20. The standard InChI is InChI=1S/C19H28N4O2S/c1-14-21-20-13-23(14)17-7-5-6-16(12-17)22-26(24,25)18-10-8-15(9-11-18)19(2,3)4/h8-11,13,16-17,22H,5-7,12H2,1-4H3. The normalized spacial score (nSPS) is 21.7. The predicted octanol–water partition coefficient (Wildman–Crippen LogP) is 3.35. The molecule has 3 rings (SSSR count). The second-order valence-corrected chi connectivity index (χ2v) is 9.91. The minimum Gasteiger partial charge on any atom is -0.315 e. The highest BCUT2D eigenvalue weighted by Gasteiger charge is 2.28. The van der Waals surface area contributed by atoms with Crippen LogP contribution in [-0.4, -0.2) is 29.2 Å². The largest absolute Gasteiger partial charge is 0.315 e. The molecule has 0 spiro atoms. The Morgan fingerprint density at radius 2 is 1.85 bits per heavy atom. The van der Waals surface area contributed by atoms with Crippen LogP contribution in [0.25, 0.3) is 0 Å². The van der Waals surface area contributed by atoms with Crippen LogP contribution in [0.15, 0.2) is 35.5 Å². The number of nitrogens with zero attached hydrogens (tertiary/aromatic N) is 3. The maximum absolute atomic E-state index is 12.8. The first-order chi connectivity index (χ1) is 12.2. The van der Waals surface area contributed by atoms with Crippen molar-refractivity contribution in [1.29, 1.82) is 0 Å². The Morgan fingerprint density at radius 1 is 1.15 bits per heavy atom. The number of benzene rings is 1. The van der Waals surface area contributed by atoms with Gasteiger partial charge in [-0.3, -0.25) is 0 Å². The quantitative estimate of drug-likeness (QED) is 0.888. The average Bonchev–Trinajstić information content (AvgIpc) is 3.00. The Balaban J connectivity index is 1.72. The minimum absolute atomic E-state index is 0.00298. The molecule has 1 fully saturated rings. The highest BCUT2D eigenvalue weighted by atomic mass is 32.2. The summed E-state index contributed by atoms with van der Waals surface area (Å²) in [5, 5.41) is 7.99. The summed E-state index contributed by atoms with van der Waals surface area (Å²) in [6.45, 7) is 8.27. The van der Waals surface area contributed by atoms with Crippen molar-refractivity contribution in [3.63, 3.8) is 0 Å². The number of sulfonamides is 1. The molecule has 7 heteroatoms. The summed E-state index contributed by atoms with van der Waals surface area (Å²) in [5.74, 6) is 0.872. The lowest BCUT2D eigenvalue weighted by molar-refractivity contribution is 0.302. The van der Waals surface area contributed by atoms with Gasteiger partial charge in [0.2, 0.25) is 10.0 Å². The van der Waals surface area contributed by atoms with Gasteiger partial charge in [-0.15, -0.1) is 10.2 Å². The zero-order chi connectivity index (χ0) is 18.9. The van der Waals surface area contributed by atoms with E-state index in [0.717, 1.165) is 37.1 Å². The van der Waals surface area contributed by atoms with E-state index in [-0.39, 0.29) is 17.5 Å². The van der Waals surface area contributed by atoms with Gasteiger partial charge in [0.15, 0.2) is 0 Å². The summed E-state index contributed by atoms with van der Waals surface area (Å²) in [7, 11) is -3.52. The van der Waals surface area contributed by atoms with Crippen LogP contribution in [-0.2, 0) is 15.4 Å². The van der Waals surface area contributed by atoms with Crippen LogP contribution in [0.4, 0.5) is 0 Å². The molecule has 1 aliphatic rings. The van der Waals surface area contributed by atoms with E-state index in [2.05, 4.69) is 40.3 Å². The Hall–Kier alpha value is -1.73. The molecule has 0 aliphatic heterocycles. The Morgan fingerprint density at radius 3 is 2.42 bits per heavy atom. The zero-order valence-corrected chi connectivity index (χ0v) is 16.8. The van der Waals surface area contributed by atoms with Crippen molar-refractivity contribution in [1.82, 2.24) is 19.5 Å². The lowest BCUT2D eigenvalue weighted by atomic mass is 9.87. The number of hydrogen-bond donors (Lipinski definition) is 1. The van der Waals surface area contributed by atoms with Crippen molar-refractivity contribution in [3.05, 3.63) is 42.0 Å². The molecule has 0 amide bonds. The molecule has 1 aromatic carbocycles. The van der Waals surface area contributed by atoms with E-state index in [0.29, 0.717) is 4.90 Å². The lowest BCUT2D eigenvalue weighted by Gasteiger charge is -2.30. The molecule has 1 saturated carbocycles. The molecule has 1 heterocycles. The van der Waals surface area contributed by atoms with Crippen molar-refractivity contribution in [2.24, 2.45) is 0 Å². The molecule has 0 bridgehead atoms. The molecule has 6 nitrogen and oxygen atoms in total. The van der Waals surface area contributed by atoms with Crippen molar-refractivity contribution < 1.29 is 8.42 Å². The van der Waals surface area contributed by atoms with E-state index in [9.17, 15) is 8.42 Å². The van der Waals surface area contributed by atoms with Gasteiger partial charge < -0.3 is 4.57 Å². The van der Waals surface area contributed by atoms with E-state index in [1.807, 2.05) is 19.1 Å². The van der Waals surface area contributed by atoms with Crippen LogP contribution >= 0.6 is 0 Å². The minimum atomic E-state index is -3.52. The summed E-state index contributed by atoms with van der Waals surface area (Å²) in [5.41, 5.74) is 1.13. The van der Waals surface area contributed by atoms with E-state index in [1.165, 1.54) is 0 Å². The van der Waals surface area contributed by atoms with Crippen molar-refractivity contribution in [2.45, 2.75) is 75.8 Å². The fourth-order valence-corrected chi connectivity index (χ4v) is 4.89. The van der Waals surface area contributed by atoms with Gasteiger partial charge >= 0.3 is 0 Å². The number of aromatic nitrogens is 3. The molecule has 0 saturated heterocycles. The van der Waals surface area contributed by atoms with Gasteiger partial charge in [-0.05, 0) is 55.7 Å². The van der Waals surface area contributed by atoms with E-state index in [4.69, 9.17) is 0 Å². The van der Waals surface area contributed by atoms with Crippen LogP contribution in [0.2, 0.25) is 0 Å². The summed E-state index contributed by atoms with van der Waals surface area (Å²) >= 11 is 0. The Kier molecular flexibility index (Phi) is 5.21. The SMILES string of the molecule is Cc1nncn1C1CCCC(NS(=O)(=O)c2ccc(C(C)(C)C)cc2)C1. The van der Waals surface area contributed by atoms with E-state index < -0.39 is 10.0 Å². The van der Waals surface area contributed by atoms with Crippen molar-refractivity contribution in [3.8, 4) is 0 Å². The number of aryl methyl sites for hydroxylation is 1. The predicted molar refractivity (Wildman–Crippen MR) is 102 cm³/mol. The first kappa shape index (κ1) is 19.0. The molecule has 1 N–H and O–H groups in total. The Bertz CT molecular complexity index is 850. The molecule has 2 aromatic rings. The third-order valence-electron chi connectivity index (χ3n) is 5.14. The van der Waals surface area contributed by atoms with Gasteiger partial charge in [-0.1, -0.05) is 32.9 Å². The molecule has 142 valence electrons. The Labute approximate surface area is 156 Å². The van der Waals surface area contributed by atoms with Gasteiger partial charge in [0.1, 0.15) is 12.2 Å². The van der Waals surface area contributed by atoms with Crippen LogP contribution in [0.3, 0.4) is 0 Å². The van der Waals surface area contributed by atoms with Gasteiger partial charge in [-0.2, -0.15) is 0 Å². The van der Waals surface area contributed by atoms with Crippen molar-refractivity contribution in [2.75, 3.05) is 0 Å². The van der Waals surface area contributed by atoms with Crippen LogP contribution in [0, 0.1) is 6.92 Å². The monoisotopic (exact) mass is 376 g/mol. The molecule has 0 radical (unpaired) electrons. The topological polar surface area (TPSA) is 76.9 Å². The zero-order valence-electron chi connectivity index (χ0n) is 15.9. The van der Waals surface area contributed by atoms with Crippen LogP contribution in [0.1, 0.15) is 63.9 Å². The van der Waals surface area contributed by atoms with Crippen LogP contribution < -0.4 is 4.72 Å². The molecular weight excluding hydrogens is 348 g/mol. The van der Waals surface area contributed by atoms with Gasteiger partial charge in [0.25, 0.3) is 0 Å². The smallest absolute Gasteiger partial charge is 0.240 e. The second kappa shape index (κ2) is 7.12. The highest BCUT2D eigenvalue weighted by Crippen LogP contribution is 2.30. The fourth-order valence-electron chi connectivity index (χ4n) is 3.60. The summed E-state index contributed by atoms with van der Waals surface area (Å²) in [6, 6.07) is 7.38. The summed E-state index contributed by atoms with van der Waals surface area (Å²) in [6.07, 6.45) is 5.37. The molecule has 1 aromatic heterocycles. The third kappa shape index (κ3) is 4.15. The number of hydrogen-bond acceptors (Lipinski definition) is 4. The molecule has 2 unspecified atom stereocenters. The lowest BCUT2D eigenvalue weighted by Crippen LogP contribution is -2.39. The van der Waals surface area contributed by atoms with E-state index >= 15 is 0 Å². The van der Waals surface area contributed by atoms with Crippen molar-refractivity contribution >= 4 is 10.0 Å². The summed E-state index contributed by atoms with van der Waals surface area (Å²) < 4.78 is 30.5. The van der Waals surface area contributed by atoms with Gasteiger partial charge in [-0.25, -0.2) is 13.1 Å². The van der Waals surface area contributed by atoms with Gasteiger partial charge in [0, 0.05) is 12.1 Å². The maximum Gasteiger partial charge on any atom is 0.240 e. The van der Waals surface area contributed by atoms with Gasteiger partial charge in [0.05, 0.1) is 4.90 Å². The highest BCUT2D eigenvalue weighted by molar-refractivity contribution is 7.89. The number of rotatable bonds is 4. The van der Waals surface area contributed by atoms with Crippen LogP contribution in [0.5, 0.6) is 0 Å². The number of nitrogens with one attached hydrogen (secondary N) is 1. The summed E-state index contributed by atoms with van der Waals surface area (Å²) in [4.78, 5) is 0.327. The first-order valence-electron chi connectivity index (χ1n) is 9.16. The molecular formula is C19H28N4O2S.